The van der Waals surface area contributed by atoms with Crippen molar-refractivity contribution in [2.45, 2.75) is 63.9 Å². The minimum absolute atomic E-state index is 0.233. The molecule has 0 aliphatic rings. The van der Waals surface area contributed by atoms with Crippen molar-refractivity contribution in [3.8, 4) is 11.1 Å². The van der Waals surface area contributed by atoms with Crippen LogP contribution in [0.1, 0.15) is 80.4 Å². The number of aliphatic hydroxyl groups is 1. The van der Waals surface area contributed by atoms with Crippen molar-refractivity contribution >= 4 is 12.1 Å². The number of hydrogen-bond acceptors (Lipinski definition) is 2. The minimum atomic E-state index is -0.664. The van der Waals surface area contributed by atoms with E-state index in [1.807, 2.05) is 12.1 Å². The highest BCUT2D eigenvalue weighted by molar-refractivity contribution is 7.94. The molecule has 0 aliphatic carbocycles. The molecular formula is C27H30F2OS. The molecule has 3 aromatic carbocycles. The third-order valence-electron chi connectivity index (χ3n) is 5.73. The summed E-state index contributed by atoms with van der Waals surface area (Å²) < 4.78 is 26.6. The molecule has 0 saturated carbocycles. The van der Waals surface area contributed by atoms with Crippen LogP contribution in [0, 0.1) is 5.82 Å². The van der Waals surface area contributed by atoms with Gasteiger partial charge in [0.15, 0.2) is 0 Å². The Balaban J connectivity index is 2.33. The molecule has 0 aliphatic heterocycles. The van der Waals surface area contributed by atoms with Gasteiger partial charge >= 0.3 is 0 Å². The van der Waals surface area contributed by atoms with Gasteiger partial charge in [0.2, 0.25) is 0 Å². The predicted octanol–water partition coefficient (Wildman–Crippen LogP) is 8.36. The van der Waals surface area contributed by atoms with E-state index >= 15 is 0 Å². The number of hydrogen-bond donors (Lipinski definition) is 1. The maximum atomic E-state index is 13.7. The zero-order valence-electron chi connectivity index (χ0n) is 18.7. The van der Waals surface area contributed by atoms with E-state index in [2.05, 4.69) is 33.8 Å². The normalized spacial score (nSPS) is 12.6. The van der Waals surface area contributed by atoms with Gasteiger partial charge in [0.1, 0.15) is 5.82 Å². The van der Waals surface area contributed by atoms with Gasteiger partial charge in [-0.15, -0.1) is 0 Å². The van der Waals surface area contributed by atoms with E-state index in [0.29, 0.717) is 11.3 Å². The summed E-state index contributed by atoms with van der Waals surface area (Å²) in [6.45, 7) is 10.4. The Morgan fingerprint density at radius 1 is 0.839 bits per heavy atom. The summed E-state index contributed by atoms with van der Waals surface area (Å²) in [6.07, 6.45) is -0.0158. The first-order valence-corrected chi connectivity index (χ1v) is 11.5. The highest BCUT2D eigenvalue weighted by Gasteiger charge is 2.24. The Labute approximate surface area is 188 Å². The number of benzene rings is 3. The average Bonchev–Trinajstić information content (AvgIpc) is 2.74. The second-order valence-corrected chi connectivity index (χ2v) is 9.34. The molecule has 0 fully saturated rings. The minimum Gasteiger partial charge on any atom is -0.389 e. The maximum Gasteiger partial charge on any atom is 0.123 e. The van der Waals surface area contributed by atoms with Crippen LogP contribution in [0.5, 0.6) is 0 Å². The lowest BCUT2D eigenvalue weighted by atomic mass is 9.78. The first kappa shape index (κ1) is 23.5. The maximum absolute atomic E-state index is 13.7. The molecule has 0 amide bonds. The Morgan fingerprint density at radius 2 is 1.42 bits per heavy atom. The van der Waals surface area contributed by atoms with Gasteiger partial charge in [0, 0.05) is 4.90 Å². The molecule has 0 heterocycles. The molecule has 0 radical (unpaired) electrons. The summed E-state index contributed by atoms with van der Waals surface area (Å²) in [4.78, 5) is 0.575. The van der Waals surface area contributed by atoms with Crippen molar-refractivity contribution in [3.63, 3.8) is 0 Å². The van der Waals surface area contributed by atoms with Crippen LogP contribution >= 0.6 is 12.1 Å². The van der Waals surface area contributed by atoms with Crippen LogP contribution in [-0.2, 0) is 6.42 Å². The molecule has 3 aromatic rings. The molecule has 31 heavy (non-hydrogen) atoms. The van der Waals surface area contributed by atoms with Crippen LogP contribution in [0.3, 0.4) is 0 Å². The van der Waals surface area contributed by atoms with Gasteiger partial charge in [-0.3, -0.25) is 0 Å². The fraction of sp³-hybridized carbons (Fsp3) is 0.333. The van der Waals surface area contributed by atoms with Gasteiger partial charge in [-0.05, 0) is 88.4 Å². The van der Waals surface area contributed by atoms with Gasteiger partial charge in [0.25, 0.3) is 0 Å². The van der Waals surface area contributed by atoms with Gasteiger partial charge < -0.3 is 5.11 Å². The van der Waals surface area contributed by atoms with E-state index in [4.69, 9.17) is 0 Å². The van der Waals surface area contributed by atoms with E-state index in [1.165, 1.54) is 17.7 Å². The number of aliphatic hydroxyl groups excluding tert-OH is 1. The van der Waals surface area contributed by atoms with Crippen LogP contribution in [-0.4, -0.2) is 5.11 Å². The van der Waals surface area contributed by atoms with E-state index in [9.17, 15) is 13.4 Å². The molecule has 0 bridgehead atoms. The summed E-state index contributed by atoms with van der Waals surface area (Å²) in [5.41, 5.74) is 7.31. The van der Waals surface area contributed by atoms with Gasteiger partial charge in [-0.25, -0.2) is 4.39 Å². The molecule has 3 rings (SSSR count). The zero-order chi connectivity index (χ0) is 22.7. The van der Waals surface area contributed by atoms with Gasteiger partial charge in [-0.2, -0.15) is 3.89 Å². The van der Waals surface area contributed by atoms with Crippen molar-refractivity contribution in [2.75, 3.05) is 0 Å². The van der Waals surface area contributed by atoms with Gasteiger partial charge in [0.05, 0.1) is 18.3 Å². The van der Waals surface area contributed by atoms with Crippen molar-refractivity contribution in [2.24, 2.45) is 0 Å². The van der Waals surface area contributed by atoms with Crippen LogP contribution in [0.2, 0.25) is 0 Å². The Bertz CT molecular complexity index is 1020. The van der Waals surface area contributed by atoms with Crippen LogP contribution in [0.15, 0.2) is 59.5 Å². The number of rotatable bonds is 7. The lowest BCUT2D eigenvalue weighted by Crippen LogP contribution is -2.11. The Hall–Kier alpha value is -2.17. The summed E-state index contributed by atoms with van der Waals surface area (Å²) >= 11 is 0.236. The van der Waals surface area contributed by atoms with E-state index < -0.39 is 6.10 Å². The Morgan fingerprint density at radius 3 is 1.90 bits per heavy atom. The molecule has 1 unspecified atom stereocenters. The Kier molecular flexibility index (Phi) is 7.55. The van der Waals surface area contributed by atoms with Crippen molar-refractivity contribution in [3.05, 3.63) is 88.2 Å². The van der Waals surface area contributed by atoms with E-state index in [1.54, 1.807) is 31.2 Å². The smallest absolute Gasteiger partial charge is 0.123 e. The topological polar surface area (TPSA) is 20.2 Å². The summed E-state index contributed by atoms with van der Waals surface area (Å²) in [5, 5.41) is 10.8. The molecule has 0 spiro atoms. The summed E-state index contributed by atoms with van der Waals surface area (Å²) in [7, 11) is 0. The third-order valence-corrected chi connectivity index (χ3v) is 6.18. The molecule has 1 nitrogen and oxygen atoms in total. The fourth-order valence-electron chi connectivity index (χ4n) is 4.23. The summed E-state index contributed by atoms with van der Waals surface area (Å²) in [6, 6.07) is 16.2. The van der Waals surface area contributed by atoms with E-state index in [-0.39, 0.29) is 29.8 Å². The first-order valence-electron chi connectivity index (χ1n) is 10.7. The standard InChI is InChI=1S/C27H30F2OS/c1-16(2)23-15-24(17(3)4)26(18(5)30)27(20-8-10-21(28)11-9-20)25(23)14-19-6-12-22(31-29)13-7-19/h6-13,15-18,30H,14H2,1-5H3. The first-order chi connectivity index (χ1) is 14.7. The van der Waals surface area contributed by atoms with Gasteiger partial charge in [-0.1, -0.05) is 58.0 Å². The molecule has 0 aromatic heterocycles. The van der Waals surface area contributed by atoms with Crippen LogP contribution in [0.25, 0.3) is 11.1 Å². The highest BCUT2D eigenvalue weighted by Crippen LogP contribution is 2.42. The number of halogens is 2. The van der Waals surface area contributed by atoms with Crippen molar-refractivity contribution in [1.29, 1.82) is 0 Å². The SMILES string of the molecule is CC(C)c1cc(C(C)C)c(C(C)O)c(-c2ccc(F)cc2)c1Cc1ccc(SF)cc1. The van der Waals surface area contributed by atoms with E-state index in [0.717, 1.165) is 33.4 Å². The molecule has 0 saturated heterocycles. The molecule has 4 heteroatoms. The van der Waals surface area contributed by atoms with Crippen LogP contribution < -0.4 is 0 Å². The molecule has 1 atom stereocenters. The lowest BCUT2D eigenvalue weighted by Gasteiger charge is -2.27. The highest BCUT2D eigenvalue weighted by atomic mass is 32.2. The molecular weight excluding hydrogens is 410 g/mol. The average molecular weight is 441 g/mol. The second-order valence-electron chi connectivity index (χ2n) is 8.71. The predicted molar refractivity (Wildman–Crippen MR) is 127 cm³/mol. The van der Waals surface area contributed by atoms with Crippen molar-refractivity contribution in [1.82, 2.24) is 0 Å². The lowest BCUT2D eigenvalue weighted by molar-refractivity contribution is 0.198. The molecule has 1 N–H and O–H groups in total. The third kappa shape index (κ3) is 5.19. The largest absolute Gasteiger partial charge is 0.389 e. The monoisotopic (exact) mass is 440 g/mol. The summed E-state index contributed by atoms with van der Waals surface area (Å²) in [5.74, 6) is 0.221. The second kappa shape index (κ2) is 9.97. The molecule has 164 valence electrons. The quantitative estimate of drug-likeness (QED) is 0.398. The zero-order valence-corrected chi connectivity index (χ0v) is 19.6. The van der Waals surface area contributed by atoms with Crippen LogP contribution in [0.4, 0.5) is 8.28 Å². The van der Waals surface area contributed by atoms with Crippen molar-refractivity contribution < 1.29 is 13.4 Å². The fourth-order valence-corrected chi connectivity index (χ4v) is 4.47.